The molecule has 0 unspecified atom stereocenters. The standard InChI is InChI=1S/C20H18N4O2S/c1-13-6-8-15(9-7-13)17-11-18-19(25)21-22-20(24(18)23-17)27-12-14-4-3-5-16(10-14)26-2/h3-11H,12H2,1-2H3,(H,21,25). The number of ether oxygens (including phenoxy) is 1. The van der Waals surface area contributed by atoms with Gasteiger partial charge in [0.25, 0.3) is 5.56 Å². The highest BCUT2D eigenvalue weighted by Crippen LogP contribution is 2.25. The molecule has 27 heavy (non-hydrogen) atoms. The number of rotatable bonds is 5. The summed E-state index contributed by atoms with van der Waals surface area (Å²) in [5.74, 6) is 1.50. The van der Waals surface area contributed by atoms with Crippen LogP contribution >= 0.6 is 11.8 Å². The number of fused-ring (bicyclic) bond motifs is 1. The van der Waals surface area contributed by atoms with Crippen molar-refractivity contribution >= 4 is 17.3 Å². The molecule has 0 fully saturated rings. The quantitative estimate of drug-likeness (QED) is 0.536. The summed E-state index contributed by atoms with van der Waals surface area (Å²) >= 11 is 1.51. The minimum Gasteiger partial charge on any atom is -0.497 e. The van der Waals surface area contributed by atoms with E-state index in [2.05, 4.69) is 15.3 Å². The van der Waals surface area contributed by atoms with Crippen LogP contribution in [0.25, 0.3) is 16.8 Å². The van der Waals surface area contributed by atoms with Gasteiger partial charge in [-0.3, -0.25) is 4.79 Å². The Labute approximate surface area is 160 Å². The third-order valence-electron chi connectivity index (χ3n) is 4.23. The molecular formula is C20H18N4O2S. The van der Waals surface area contributed by atoms with Gasteiger partial charge in [-0.2, -0.15) is 5.10 Å². The van der Waals surface area contributed by atoms with Gasteiger partial charge < -0.3 is 4.74 Å². The first-order valence-electron chi connectivity index (χ1n) is 8.45. The lowest BCUT2D eigenvalue weighted by molar-refractivity contribution is 0.414. The third-order valence-corrected chi connectivity index (χ3v) is 5.23. The molecule has 7 heteroatoms. The summed E-state index contributed by atoms with van der Waals surface area (Å²) < 4.78 is 6.87. The normalized spacial score (nSPS) is 11.0. The monoisotopic (exact) mass is 378 g/mol. The fourth-order valence-corrected chi connectivity index (χ4v) is 3.61. The minimum atomic E-state index is -0.258. The lowest BCUT2D eigenvalue weighted by Gasteiger charge is -2.05. The first-order valence-corrected chi connectivity index (χ1v) is 9.44. The van der Waals surface area contributed by atoms with E-state index < -0.39 is 0 Å². The minimum absolute atomic E-state index is 0.258. The molecule has 0 spiro atoms. The van der Waals surface area contributed by atoms with E-state index in [1.807, 2.05) is 55.5 Å². The van der Waals surface area contributed by atoms with Crippen LogP contribution in [-0.4, -0.2) is 26.9 Å². The number of nitrogens with zero attached hydrogens (tertiary/aromatic N) is 3. The van der Waals surface area contributed by atoms with Crippen molar-refractivity contribution < 1.29 is 4.74 Å². The predicted molar refractivity (Wildman–Crippen MR) is 106 cm³/mol. The molecule has 0 aliphatic rings. The van der Waals surface area contributed by atoms with E-state index in [9.17, 15) is 4.79 Å². The Morgan fingerprint density at radius 1 is 1.15 bits per heavy atom. The van der Waals surface area contributed by atoms with Crippen LogP contribution in [0.1, 0.15) is 11.1 Å². The van der Waals surface area contributed by atoms with Crippen LogP contribution < -0.4 is 10.3 Å². The zero-order valence-electron chi connectivity index (χ0n) is 15.0. The van der Waals surface area contributed by atoms with Crippen molar-refractivity contribution in [1.82, 2.24) is 19.8 Å². The molecule has 0 saturated carbocycles. The molecule has 4 rings (SSSR count). The van der Waals surface area contributed by atoms with Gasteiger partial charge >= 0.3 is 0 Å². The molecular weight excluding hydrogens is 360 g/mol. The van der Waals surface area contributed by atoms with Crippen molar-refractivity contribution in [2.24, 2.45) is 0 Å². The lowest BCUT2D eigenvalue weighted by Crippen LogP contribution is -2.13. The van der Waals surface area contributed by atoms with Gasteiger partial charge in [-0.15, -0.1) is 5.10 Å². The number of aromatic nitrogens is 4. The average Bonchev–Trinajstić information content (AvgIpc) is 3.15. The molecule has 0 radical (unpaired) electrons. The van der Waals surface area contributed by atoms with Gasteiger partial charge in [-0.1, -0.05) is 53.7 Å². The highest BCUT2D eigenvalue weighted by Gasteiger charge is 2.12. The highest BCUT2D eigenvalue weighted by molar-refractivity contribution is 7.98. The van der Waals surface area contributed by atoms with Gasteiger partial charge in [0.15, 0.2) is 0 Å². The van der Waals surface area contributed by atoms with Crippen LogP contribution in [0.15, 0.2) is 64.5 Å². The summed E-state index contributed by atoms with van der Waals surface area (Å²) in [5.41, 5.74) is 4.22. The van der Waals surface area contributed by atoms with Gasteiger partial charge in [0, 0.05) is 11.3 Å². The summed E-state index contributed by atoms with van der Waals surface area (Å²) in [4.78, 5) is 12.2. The molecule has 0 bridgehead atoms. The Morgan fingerprint density at radius 3 is 2.74 bits per heavy atom. The zero-order valence-corrected chi connectivity index (χ0v) is 15.8. The Kier molecular flexibility index (Phi) is 4.68. The molecule has 0 aliphatic heterocycles. The summed E-state index contributed by atoms with van der Waals surface area (Å²) in [5, 5.41) is 12.0. The first-order chi connectivity index (χ1) is 13.1. The SMILES string of the molecule is COc1cccc(CSc2n[nH]c(=O)c3cc(-c4ccc(C)cc4)nn23)c1. The molecule has 0 amide bonds. The fraction of sp³-hybridized carbons (Fsp3) is 0.150. The molecule has 0 aliphatic carbocycles. The van der Waals surface area contributed by atoms with Crippen LogP contribution in [0.3, 0.4) is 0 Å². The molecule has 136 valence electrons. The van der Waals surface area contributed by atoms with Gasteiger partial charge in [0.1, 0.15) is 11.3 Å². The summed E-state index contributed by atoms with van der Waals surface area (Å²) in [6, 6.07) is 17.7. The Morgan fingerprint density at radius 2 is 1.96 bits per heavy atom. The van der Waals surface area contributed by atoms with Crippen molar-refractivity contribution in [1.29, 1.82) is 0 Å². The lowest BCUT2D eigenvalue weighted by atomic mass is 10.1. The number of hydrogen-bond donors (Lipinski definition) is 1. The summed E-state index contributed by atoms with van der Waals surface area (Å²) in [7, 11) is 1.65. The maximum absolute atomic E-state index is 12.2. The Hall–Kier alpha value is -3.06. The number of H-pyrrole nitrogens is 1. The number of benzene rings is 2. The van der Waals surface area contributed by atoms with Gasteiger partial charge in [0.2, 0.25) is 5.16 Å². The van der Waals surface area contributed by atoms with Crippen LogP contribution in [0, 0.1) is 6.92 Å². The number of aromatic amines is 1. The Balaban J connectivity index is 1.67. The molecule has 4 aromatic rings. The van der Waals surface area contributed by atoms with E-state index in [0.717, 1.165) is 22.6 Å². The molecule has 2 heterocycles. The second-order valence-corrected chi connectivity index (χ2v) is 7.11. The van der Waals surface area contributed by atoms with Crippen molar-refractivity contribution in [2.75, 3.05) is 7.11 Å². The molecule has 2 aromatic carbocycles. The molecule has 6 nitrogen and oxygen atoms in total. The maximum atomic E-state index is 12.2. The second-order valence-electron chi connectivity index (χ2n) is 6.17. The van der Waals surface area contributed by atoms with Crippen LogP contribution in [0.5, 0.6) is 5.75 Å². The number of methoxy groups -OCH3 is 1. The van der Waals surface area contributed by atoms with Crippen LogP contribution in [-0.2, 0) is 5.75 Å². The van der Waals surface area contributed by atoms with E-state index >= 15 is 0 Å². The Bertz CT molecular complexity index is 1150. The molecule has 0 saturated heterocycles. The summed E-state index contributed by atoms with van der Waals surface area (Å²) in [6.45, 7) is 2.04. The fourth-order valence-electron chi connectivity index (χ4n) is 2.76. The van der Waals surface area contributed by atoms with Crippen molar-refractivity contribution in [2.45, 2.75) is 17.8 Å². The summed E-state index contributed by atoms with van der Waals surface area (Å²) in [6.07, 6.45) is 0. The zero-order chi connectivity index (χ0) is 18.8. The van der Waals surface area contributed by atoms with Crippen molar-refractivity contribution in [3.05, 3.63) is 76.1 Å². The highest BCUT2D eigenvalue weighted by atomic mass is 32.2. The van der Waals surface area contributed by atoms with Gasteiger partial charge in [0.05, 0.1) is 12.8 Å². The first kappa shape index (κ1) is 17.4. The van der Waals surface area contributed by atoms with Gasteiger partial charge in [-0.25, -0.2) is 9.61 Å². The molecule has 0 atom stereocenters. The van der Waals surface area contributed by atoms with Gasteiger partial charge in [-0.05, 0) is 30.7 Å². The number of aryl methyl sites for hydroxylation is 1. The maximum Gasteiger partial charge on any atom is 0.290 e. The van der Waals surface area contributed by atoms with E-state index in [0.29, 0.717) is 16.4 Å². The predicted octanol–water partition coefficient (Wildman–Crippen LogP) is 3.69. The van der Waals surface area contributed by atoms with Crippen LogP contribution in [0.4, 0.5) is 0 Å². The largest absolute Gasteiger partial charge is 0.497 e. The topological polar surface area (TPSA) is 72.3 Å². The number of thioether (sulfide) groups is 1. The second kappa shape index (κ2) is 7.28. The van der Waals surface area contributed by atoms with E-state index in [1.165, 1.54) is 17.3 Å². The van der Waals surface area contributed by atoms with Crippen molar-refractivity contribution in [3.8, 4) is 17.0 Å². The average molecular weight is 378 g/mol. The molecule has 1 N–H and O–H groups in total. The number of nitrogens with one attached hydrogen (secondary N) is 1. The smallest absolute Gasteiger partial charge is 0.290 e. The van der Waals surface area contributed by atoms with Crippen molar-refractivity contribution in [3.63, 3.8) is 0 Å². The van der Waals surface area contributed by atoms with E-state index in [4.69, 9.17) is 4.74 Å². The third kappa shape index (κ3) is 3.59. The van der Waals surface area contributed by atoms with Crippen LogP contribution in [0.2, 0.25) is 0 Å². The number of hydrogen-bond acceptors (Lipinski definition) is 5. The van der Waals surface area contributed by atoms with E-state index in [1.54, 1.807) is 17.7 Å². The molecule has 2 aromatic heterocycles. The van der Waals surface area contributed by atoms with E-state index in [-0.39, 0.29) is 5.56 Å².